The largest absolute Gasteiger partial charge is 0.493 e. The molecular formula is C26H22O2. The summed E-state index contributed by atoms with van der Waals surface area (Å²) < 4.78 is 10.8. The third-order valence-corrected chi connectivity index (χ3v) is 4.88. The Kier molecular flexibility index (Phi) is 5.11. The minimum absolute atomic E-state index is 0.764. The van der Waals surface area contributed by atoms with E-state index in [0.717, 1.165) is 22.3 Å². The van der Waals surface area contributed by atoms with Crippen molar-refractivity contribution < 1.29 is 9.47 Å². The third-order valence-electron chi connectivity index (χ3n) is 4.88. The lowest BCUT2D eigenvalue weighted by Crippen LogP contribution is -1.91. The monoisotopic (exact) mass is 366 g/mol. The van der Waals surface area contributed by atoms with Crippen molar-refractivity contribution in [2.75, 3.05) is 14.2 Å². The summed E-state index contributed by atoms with van der Waals surface area (Å²) in [6, 6.07) is 33.3. The van der Waals surface area contributed by atoms with Gasteiger partial charge >= 0.3 is 0 Å². The number of hydrogen-bond acceptors (Lipinski definition) is 2. The van der Waals surface area contributed by atoms with Gasteiger partial charge in [-0.25, -0.2) is 0 Å². The number of benzene rings is 5. The van der Waals surface area contributed by atoms with Crippen LogP contribution in [0.15, 0.2) is 97.1 Å². The molecule has 0 bridgehead atoms. The molecule has 0 N–H and O–H groups in total. The van der Waals surface area contributed by atoms with Gasteiger partial charge in [-0.1, -0.05) is 78.9 Å². The molecule has 2 nitrogen and oxygen atoms in total. The topological polar surface area (TPSA) is 18.5 Å². The van der Waals surface area contributed by atoms with Crippen LogP contribution in [-0.4, -0.2) is 14.2 Å². The number of fused-ring (bicyclic) bond motifs is 3. The van der Waals surface area contributed by atoms with Gasteiger partial charge in [0.1, 0.15) is 0 Å². The minimum atomic E-state index is 0.764. The molecule has 5 aromatic rings. The highest BCUT2D eigenvalue weighted by atomic mass is 16.5. The average Bonchev–Trinajstić information content (AvgIpc) is 2.77. The van der Waals surface area contributed by atoms with Gasteiger partial charge in [-0.05, 0) is 45.1 Å². The molecule has 0 spiro atoms. The van der Waals surface area contributed by atoms with E-state index in [9.17, 15) is 0 Å². The van der Waals surface area contributed by atoms with Crippen molar-refractivity contribution in [3.8, 4) is 11.5 Å². The van der Waals surface area contributed by atoms with Crippen LogP contribution in [0.5, 0.6) is 11.5 Å². The molecule has 0 aliphatic carbocycles. The number of methoxy groups -OCH3 is 2. The summed E-state index contributed by atoms with van der Waals surface area (Å²) in [5.41, 5.74) is 0. The third kappa shape index (κ3) is 3.49. The summed E-state index contributed by atoms with van der Waals surface area (Å²) in [7, 11) is 3.33. The lowest BCUT2D eigenvalue weighted by atomic mass is 10.0. The maximum atomic E-state index is 5.47. The number of ether oxygens (including phenoxy) is 2. The predicted molar refractivity (Wildman–Crippen MR) is 119 cm³/mol. The smallest absolute Gasteiger partial charge is 0.168 e. The van der Waals surface area contributed by atoms with E-state index in [-0.39, 0.29) is 0 Å². The Labute approximate surface area is 164 Å². The Morgan fingerprint density at radius 2 is 0.964 bits per heavy atom. The van der Waals surface area contributed by atoms with Gasteiger partial charge in [-0.15, -0.1) is 0 Å². The van der Waals surface area contributed by atoms with Gasteiger partial charge in [0.15, 0.2) is 11.5 Å². The van der Waals surface area contributed by atoms with Gasteiger partial charge in [0.2, 0.25) is 0 Å². The van der Waals surface area contributed by atoms with E-state index < -0.39 is 0 Å². The molecule has 0 fully saturated rings. The van der Waals surface area contributed by atoms with Gasteiger partial charge < -0.3 is 9.47 Å². The molecular weight excluding hydrogens is 344 g/mol. The Hall–Kier alpha value is -3.52. The van der Waals surface area contributed by atoms with Gasteiger partial charge in [0.05, 0.1) is 14.2 Å². The van der Waals surface area contributed by atoms with Crippen LogP contribution in [0.4, 0.5) is 0 Å². The molecule has 28 heavy (non-hydrogen) atoms. The van der Waals surface area contributed by atoms with Crippen LogP contribution in [-0.2, 0) is 0 Å². The number of hydrogen-bond donors (Lipinski definition) is 0. The fourth-order valence-corrected chi connectivity index (χ4v) is 3.47. The fourth-order valence-electron chi connectivity index (χ4n) is 3.47. The summed E-state index contributed by atoms with van der Waals surface area (Å²) in [6.07, 6.45) is 0. The Balaban J connectivity index is 0.000000162. The minimum Gasteiger partial charge on any atom is -0.493 e. The van der Waals surface area contributed by atoms with E-state index in [1.54, 1.807) is 14.2 Å². The summed E-state index contributed by atoms with van der Waals surface area (Å²) in [4.78, 5) is 0. The SMILES string of the molecule is COc1ccc2cc3ccccc3cc2c1OC.c1ccc2ccccc2c1. The Morgan fingerprint density at radius 3 is 1.46 bits per heavy atom. The van der Waals surface area contributed by atoms with E-state index in [1.165, 1.54) is 21.5 Å². The molecule has 5 rings (SSSR count). The molecule has 138 valence electrons. The highest BCUT2D eigenvalue weighted by molar-refractivity contribution is 6.01. The predicted octanol–water partition coefficient (Wildman–Crippen LogP) is 6.85. The second-order valence-electron chi connectivity index (χ2n) is 6.57. The van der Waals surface area contributed by atoms with Gasteiger partial charge in [0.25, 0.3) is 0 Å². The first-order valence-electron chi connectivity index (χ1n) is 9.27. The first-order chi connectivity index (χ1) is 13.8. The normalized spacial score (nSPS) is 10.5. The van der Waals surface area contributed by atoms with Crippen LogP contribution < -0.4 is 9.47 Å². The van der Waals surface area contributed by atoms with Crippen molar-refractivity contribution in [3.05, 3.63) is 97.1 Å². The van der Waals surface area contributed by atoms with Crippen molar-refractivity contribution in [3.63, 3.8) is 0 Å². The van der Waals surface area contributed by atoms with Crippen LogP contribution in [0.2, 0.25) is 0 Å². The highest BCUT2D eigenvalue weighted by Crippen LogP contribution is 2.37. The van der Waals surface area contributed by atoms with Crippen LogP contribution in [0.1, 0.15) is 0 Å². The van der Waals surface area contributed by atoms with Crippen molar-refractivity contribution in [1.29, 1.82) is 0 Å². The van der Waals surface area contributed by atoms with E-state index >= 15 is 0 Å². The molecule has 0 saturated carbocycles. The van der Waals surface area contributed by atoms with Gasteiger partial charge in [-0.3, -0.25) is 0 Å². The fraction of sp³-hybridized carbons (Fsp3) is 0.0769. The Morgan fingerprint density at radius 1 is 0.464 bits per heavy atom. The zero-order valence-corrected chi connectivity index (χ0v) is 16.1. The van der Waals surface area contributed by atoms with E-state index in [0.29, 0.717) is 0 Å². The lowest BCUT2D eigenvalue weighted by molar-refractivity contribution is 0.358. The molecule has 0 atom stereocenters. The zero-order chi connectivity index (χ0) is 19.3. The summed E-state index contributed by atoms with van der Waals surface area (Å²) >= 11 is 0. The first-order valence-corrected chi connectivity index (χ1v) is 9.27. The maximum absolute atomic E-state index is 5.47. The zero-order valence-electron chi connectivity index (χ0n) is 16.1. The van der Waals surface area contributed by atoms with E-state index in [4.69, 9.17) is 9.47 Å². The van der Waals surface area contributed by atoms with E-state index in [2.05, 4.69) is 84.9 Å². The molecule has 0 aliphatic heterocycles. The van der Waals surface area contributed by atoms with Crippen LogP contribution in [0.3, 0.4) is 0 Å². The lowest BCUT2D eigenvalue weighted by Gasteiger charge is -2.11. The van der Waals surface area contributed by atoms with Crippen molar-refractivity contribution in [2.24, 2.45) is 0 Å². The molecule has 0 radical (unpaired) electrons. The van der Waals surface area contributed by atoms with Crippen LogP contribution in [0.25, 0.3) is 32.3 Å². The number of rotatable bonds is 2. The van der Waals surface area contributed by atoms with Crippen molar-refractivity contribution in [2.45, 2.75) is 0 Å². The molecule has 0 unspecified atom stereocenters. The van der Waals surface area contributed by atoms with Crippen LogP contribution in [0, 0.1) is 0 Å². The molecule has 2 heteroatoms. The highest BCUT2D eigenvalue weighted by Gasteiger charge is 2.09. The van der Waals surface area contributed by atoms with Gasteiger partial charge in [-0.2, -0.15) is 0 Å². The van der Waals surface area contributed by atoms with E-state index in [1.807, 2.05) is 12.1 Å². The molecule has 5 aromatic carbocycles. The average molecular weight is 366 g/mol. The van der Waals surface area contributed by atoms with Crippen molar-refractivity contribution >= 4 is 32.3 Å². The van der Waals surface area contributed by atoms with Crippen molar-refractivity contribution in [1.82, 2.24) is 0 Å². The first kappa shape index (κ1) is 17.9. The molecule has 0 heterocycles. The second-order valence-corrected chi connectivity index (χ2v) is 6.57. The molecule has 0 aromatic heterocycles. The summed E-state index contributed by atoms with van der Waals surface area (Å²) in [5.74, 6) is 1.56. The Bertz CT molecular complexity index is 1180. The maximum Gasteiger partial charge on any atom is 0.168 e. The van der Waals surface area contributed by atoms with Gasteiger partial charge in [0, 0.05) is 5.39 Å². The van der Waals surface area contributed by atoms with Crippen LogP contribution >= 0.6 is 0 Å². The molecule has 0 aliphatic rings. The summed E-state index contributed by atoms with van der Waals surface area (Å²) in [5, 5.41) is 7.30. The molecule has 0 amide bonds. The summed E-state index contributed by atoms with van der Waals surface area (Å²) in [6.45, 7) is 0. The standard InChI is InChI=1S/C16H14O2.C10H8/c1-17-15-8-7-13-9-11-5-3-4-6-12(11)10-14(13)16(15)18-2;1-2-6-10-8-4-3-7-9(10)5-1/h3-10H,1-2H3;1-8H. The second kappa shape index (κ2) is 8.01. The molecule has 0 saturated heterocycles. The quantitative estimate of drug-likeness (QED) is 0.318.